The van der Waals surface area contributed by atoms with E-state index in [9.17, 15) is 19.2 Å². The van der Waals surface area contributed by atoms with E-state index in [0.29, 0.717) is 11.4 Å². The number of para-hydroxylation sites is 2. The van der Waals surface area contributed by atoms with Gasteiger partial charge in [0, 0.05) is 23.3 Å². The summed E-state index contributed by atoms with van der Waals surface area (Å²) in [5, 5.41) is 10.8. The van der Waals surface area contributed by atoms with Crippen LogP contribution in [0.2, 0.25) is 0 Å². The second-order valence-electron chi connectivity index (χ2n) is 8.73. The molecule has 0 saturated carbocycles. The van der Waals surface area contributed by atoms with Gasteiger partial charge in [0.05, 0.1) is 18.0 Å². The topological polar surface area (TPSA) is 141 Å². The number of anilines is 1. The molecule has 0 unspecified atom stereocenters. The van der Waals surface area contributed by atoms with Gasteiger partial charge >= 0.3 is 18.0 Å². The number of carbonyl (C=O) groups is 3. The zero-order valence-corrected chi connectivity index (χ0v) is 25.0. The first-order valence-electron chi connectivity index (χ1n) is 13.9. The number of carbonyl (C=O) groups excluding carboxylic acids is 4. The number of hydrogen-bond acceptors (Lipinski definition) is 9. The second-order valence-corrected chi connectivity index (χ2v) is 8.73. The van der Waals surface area contributed by atoms with Gasteiger partial charge in [-0.15, -0.1) is 0 Å². The van der Waals surface area contributed by atoms with E-state index in [1.807, 2.05) is 97.1 Å². The van der Waals surface area contributed by atoms with Crippen LogP contribution in [-0.2, 0) is 28.6 Å². The smallest absolute Gasteiger partial charge is 0.411 e. The van der Waals surface area contributed by atoms with Crippen LogP contribution < -0.4 is 5.32 Å². The molecule has 4 rings (SSSR count). The van der Waals surface area contributed by atoms with Crippen molar-refractivity contribution in [2.75, 3.05) is 31.7 Å². The first-order chi connectivity index (χ1) is 22.4. The van der Waals surface area contributed by atoms with Crippen LogP contribution in [0.15, 0.2) is 139 Å². The Morgan fingerprint density at radius 1 is 0.674 bits per heavy atom. The molecule has 0 atom stereocenters. The lowest BCUT2D eigenvalue weighted by molar-refractivity contribution is -0.139. The van der Waals surface area contributed by atoms with Crippen molar-refractivity contribution in [3.05, 3.63) is 135 Å². The van der Waals surface area contributed by atoms with Crippen LogP contribution in [0, 0.1) is 0 Å². The number of aliphatic hydroxyl groups excluding tert-OH is 1. The zero-order chi connectivity index (χ0) is 33.4. The summed E-state index contributed by atoms with van der Waals surface area (Å²) >= 11 is 0. The van der Waals surface area contributed by atoms with Crippen molar-refractivity contribution < 1.29 is 38.5 Å². The SMILES string of the molecule is C=CC(=O)OCCO.C=CC(=O)OCCOC(=O)Nc1ccccc1-c1ccccc1.O=C=Nc1ccccc1-c1ccccc1. The number of ether oxygens (including phenoxy) is 3. The highest BCUT2D eigenvalue weighted by molar-refractivity contribution is 5.91. The molecule has 0 aliphatic heterocycles. The van der Waals surface area contributed by atoms with Crippen molar-refractivity contribution in [2.24, 2.45) is 4.99 Å². The number of nitrogens with zero attached hydrogens (tertiary/aromatic N) is 1. The highest BCUT2D eigenvalue weighted by Crippen LogP contribution is 2.29. The Labute approximate surface area is 267 Å². The molecule has 0 aliphatic carbocycles. The molecule has 0 fully saturated rings. The predicted octanol–water partition coefficient (Wildman–Crippen LogP) is 6.66. The summed E-state index contributed by atoms with van der Waals surface area (Å²) in [6.45, 7) is 6.29. The van der Waals surface area contributed by atoms with Crippen LogP contribution in [0.4, 0.5) is 16.2 Å². The van der Waals surface area contributed by atoms with Crippen molar-refractivity contribution in [1.82, 2.24) is 0 Å². The van der Waals surface area contributed by atoms with E-state index in [2.05, 4.69) is 28.2 Å². The summed E-state index contributed by atoms with van der Waals surface area (Å²) in [5.74, 6) is -1.05. The maximum Gasteiger partial charge on any atom is 0.411 e. The van der Waals surface area contributed by atoms with E-state index in [1.165, 1.54) is 0 Å². The van der Waals surface area contributed by atoms with E-state index < -0.39 is 18.0 Å². The summed E-state index contributed by atoms with van der Waals surface area (Å²) in [5.41, 5.74) is 5.17. The number of aliphatic hydroxyl groups is 1. The first kappa shape index (κ1) is 36.1. The zero-order valence-electron chi connectivity index (χ0n) is 25.0. The highest BCUT2D eigenvalue weighted by Gasteiger charge is 2.09. The van der Waals surface area contributed by atoms with Crippen LogP contribution in [0.1, 0.15) is 0 Å². The molecule has 4 aromatic carbocycles. The summed E-state index contributed by atoms with van der Waals surface area (Å²) in [6, 6.07) is 34.5. The molecule has 1 amide bonds. The average Bonchev–Trinajstić information content (AvgIpc) is 3.11. The molecule has 0 radical (unpaired) electrons. The summed E-state index contributed by atoms with van der Waals surface area (Å²) in [7, 11) is 0. The number of amides is 1. The van der Waals surface area contributed by atoms with Gasteiger partial charge in [-0.05, 0) is 23.3 Å². The van der Waals surface area contributed by atoms with Gasteiger partial charge in [0.25, 0.3) is 0 Å². The molecule has 10 heteroatoms. The molecule has 4 aromatic rings. The maximum atomic E-state index is 11.8. The third kappa shape index (κ3) is 13.5. The minimum absolute atomic E-state index is 0.0153. The number of nitrogens with one attached hydrogen (secondary N) is 1. The van der Waals surface area contributed by atoms with Crippen molar-refractivity contribution in [3.63, 3.8) is 0 Å². The van der Waals surface area contributed by atoms with Crippen molar-refractivity contribution in [3.8, 4) is 22.3 Å². The highest BCUT2D eigenvalue weighted by atomic mass is 16.6. The van der Waals surface area contributed by atoms with E-state index in [-0.39, 0.29) is 26.4 Å². The summed E-state index contributed by atoms with van der Waals surface area (Å²) < 4.78 is 14.0. The summed E-state index contributed by atoms with van der Waals surface area (Å²) in [6.07, 6.45) is 3.06. The first-order valence-corrected chi connectivity index (χ1v) is 13.9. The summed E-state index contributed by atoms with van der Waals surface area (Å²) in [4.78, 5) is 46.7. The van der Waals surface area contributed by atoms with Crippen molar-refractivity contribution in [1.29, 1.82) is 0 Å². The van der Waals surface area contributed by atoms with E-state index in [4.69, 9.17) is 14.6 Å². The Morgan fingerprint density at radius 2 is 1.15 bits per heavy atom. The lowest BCUT2D eigenvalue weighted by Gasteiger charge is -2.11. The van der Waals surface area contributed by atoms with Gasteiger partial charge < -0.3 is 19.3 Å². The molecule has 0 heterocycles. The fraction of sp³-hybridized carbons (Fsp3) is 0.111. The Morgan fingerprint density at radius 3 is 1.72 bits per heavy atom. The minimum Gasteiger partial charge on any atom is -0.460 e. The fourth-order valence-electron chi connectivity index (χ4n) is 3.63. The molecule has 236 valence electrons. The molecule has 0 aromatic heterocycles. The van der Waals surface area contributed by atoms with Gasteiger partial charge in [0.15, 0.2) is 0 Å². The lowest BCUT2D eigenvalue weighted by Crippen LogP contribution is -2.18. The van der Waals surface area contributed by atoms with Crippen LogP contribution in [-0.4, -0.2) is 55.6 Å². The van der Waals surface area contributed by atoms with Gasteiger partial charge in [0.1, 0.15) is 19.8 Å². The largest absolute Gasteiger partial charge is 0.460 e. The van der Waals surface area contributed by atoms with Gasteiger partial charge in [-0.25, -0.2) is 19.2 Å². The lowest BCUT2D eigenvalue weighted by atomic mass is 10.0. The quantitative estimate of drug-likeness (QED) is 0.0473. The minimum atomic E-state index is -0.608. The molecule has 0 saturated heterocycles. The molecule has 0 aliphatic rings. The molecule has 46 heavy (non-hydrogen) atoms. The maximum absolute atomic E-state index is 11.8. The van der Waals surface area contributed by atoms with Crippen molar-refractivity contribution >= 4 is 35.5 Å². The Balaban J connectivity index is 0.000000273. The van der Waals surface area contributed by atoms with E-state index >= 15 is 0 Å². The number of esters is 2. The Bertz CT molecular complexity index is 1600. The van der Waals surface area contributed by atoms with E-state index in [0.717, 1.165) is 34.4 Å². The standard InChI is InChI=1S/C18H17NO4.C13H9NO.C5H8O3/c1-2-17(20)22-12-13-23-18(21)19-16-11-7-6-10-15(16)14-8-4-3-5-9-14;15-10-14-13-9-5-4-8-12(13)11-6-2-1-3-7-11;1-2-5(7)8-4-3-6/h2-11H,1,12-13H2,(H,19,21);1-9H;2,6H,1,3-4H2. The Hall–Kier alpha value is -6.09. The van der Waals surface area contributed by atoms with Gasteiger partial charge in [-0.1, -0.05) is 110 Å². The fourth-order valence-corrected chi connectivity index (χ4v) is 3.63. The number of rotatable bonds is 11. The van der Waals surface area contributed by atoms with Crippen LogP contribution in [0.5, 0.6) is 0 Å². The third-order valence-electron chi connectivity index (χ3n) is 5.63. The molecular formula is C36H34N2O8. The number of aliphatic imine (C=N–C) groups is 1. The van der Waals surface area contributed by atoms with E-state index in [1.54, 1.807) is 18.2 Å². The number of benzene rings is 4. The molecule has 0 bridgehead atoms. The van der Waals surface area contributed by atoms with Crippen LogP contribution in [0.3, 0.4) is 0 Å². The molecule has 0 spiro atoms. The molecular weight excluding hydrogens is 588 g/mol. The normalized spacial score (nSPS) is 9.33. The van der Waals surface area contributed by atoms with Crippen LogP contribution >= 0.6 is 0 Å². The number of hydrogen-bond donors (Lipinski definition) is 2. The third-order valence-corrected chi connectivity index (χ3v) is 5.63. The molecule has 10 nitrogen and oxygen atoms in total. The van der Waals surface area contributed by atoms with Gasteiger partial charge in [-0.2, -0.15) is 4.99 Å². The monoisotopic (exact) mass is 622 g/mol. The van der Waals surface area contributed by atoms with Crippen LogP contribution in [0.25, 0.3) is 22.3 Å². The van der Waals surface area contributed by atoms with Crippen molar-refractivity contribution in [2.45, 2.75) is 0 Å². The Kier molecular flexibility index (Phi) is 16.9. The van der Waals surface area contributed by atoms with Gasteiger partial charge in [0.2, 0.25) is 6.08 Å². The van der Waals surface area contributed by atoms with Gasteiger partial charge in [-0.3, -0.25) is 5.32 Å². The molecule has 2 N–H and O–H groups in total. The second kappa shape index (κ2) is 21.6. The average molecular weight is 623 g/mol. The number of isocyanates is 1. The predicted molar refractivity (Wildman–Crippen MR) is 176 cm³/mol.